The molecule has 1 aromatic carbocycles. The van der Waals surface area contributed by atoms with Crippen molar-refractivity contribution in [2.24, 2.45) is 4.99 Å². The van der Waals surface area contributed by atoms with Crippen LogP contribution in [0.25, 0.3) is 0 Å². The highest BCUT2D eigenvalue weighted by Gasteiger charge is 2.09. The first kappa shape index (κ1) is 16.7. The van der Waals surface area contributed by atoms with Gasteiger partial charge in [0.15, 0.2) is 0 Å². The zero-order chi connectivity index (χ0) is 16.6. The van der Waals surface area contributed by atoms with Crippen molar-refractivity contribution in [3.63, 3.8) is 0 Å². The van der Waals surface area contributed by atoms with Gasteiger partial charge in [0, 0.05) is 18.1 Å². The zero-order valence-corrected chi connectivity index (χ0v) is 14.5. The molecule has 0 fully saturated rings. The maximum Gasteiger partial charge on any atom is 0.216 e. The summed E-state index contributed by atoms with van der Waals surface area (Å²) in [5, 5.41) is 3.92. The summed E-state index contributed by atoms with van der Waals surface area (Å²) in [5.41, 5.74) is 3.47. The quantitative estimate of drug-likeness (QED) is 0.638. The Kier molecular flexibility index (Phi) is 6.05. The van der Waals surface area contributed by atoms with E-state index in [0.717, 1.165) is 42.3 Å². The molecule has 0 radical (unpaired) electrons. The van der Waals surface area contributed by atoms with E-state index in [1.165, 1.54) is 37.7 Å². The van der Waals surface area contributed by atoms with Crippen LogP contribution in [-0.4, -0.2) is 24.2 Å². The molecular formula is C20H26N2O2. The van der Waals surface area contributed by atoms with Gasteiger partial charge in [-0.2, -0.15) is 0 Å². The molecule has 0 aliphatic carbocycles. The van der Waals surface area contributed by atoms with Gasteiger partial charge in [0.25, 0.3) is 0 Å². The van der Waals surface area contributed by atoms with Crippen LogP contribution in [0.4, 0.5) is 0 Å². The molecule has 3 rings (SSSR count). The van der Waals surface area contributed by atoms with Gasteiger partial charge < -0.3 is 9.26 Å². The number of aliphatic imine (C=N–C) groups is 1. The Balaban J connectivity index is 1.28. The fourth-order valence-corrected chi connectivity index (χ4v) is 3.02. The van der Waals surface area contributed by atoms with Crippen molar-refractivity contribution in [3.8, 4) is 0 Å². The van der Waals surface area contributed by atoms with Crippen molar-refractivity contribution in [1.82, 2.24) is 5.16 Å². The minimum Gasteiger partial charge on any atom is -0.476 e. The smallest absolute Gasteiger partial charge is 0.216 e. The minimum atomic E-state index is 0.715. The second kappa shape index (κ2) is 8.67. The van der Waals surface area contributed by atoms with Crippen LogP contribution < -0.4 is 0 Å². The molecule has 1 aromatic heterocycles. The number of unbranched alkanes of at least 4 members (excludes halogenated alkanes) is 4. The summed E-state index contributed by atoms with van der Waals surface area (Å²) in [6, 6.07) is 10.7. The zero-order valence-electron chi connectivity index (χ0n) is 14.5. The predicted octanol–water partition coefficient (Wildman–Crippen LogP) is 4.50. The summed E-state index contributed by atoms with van der Waals surface area (Å²) < 4.78 is 10.7. The lowest BCUT2D eigenvalue weighted by molar-refractivity contribution is 0.348. The standard InChI is InChI=1S/C20H26N2O2/c1-16-15-19(24-22-16)8-6-4-2-3-5-7-17-9-11-18(12-10-17)20-21-13-14-23-20/h9-12,15H,2-8,13-14H2,1H3. The van der Waals surface area contributed by atoms with Crippen molar-refractivity contribution in [3.05, 3.63) is 52.9 Å². The minimum absolute atomic E-state index is 0.715. The van der Waals surface area contributed by atoms with Crippen molar-refractivity contribution in [1.29, 1.82) is 0 Å². The summed E-state index contributed by atoms with van der Waals surface area (Å²) in [5.74, 6) is 1.81. The maximum atomic E-state index is 5.49. The van der Waals surface area contributed by atoms with Gasteiger partial charge in [0.1, 0.15) is 12.4 Å². The van der Waals surface area contributed by atoms with Crippen LogP contribution in [0.1, 0.15) is 54.7 Å². The summed E-state index contributed by atoms with van der Waals surface area (Å²) in [4.78, 5) is 4.35. The SMILES string of the molecule is Cc1cc(CCCCCCCc2ccc(C3=NCCO3)cc2)on1. The monoisotopic (exact) mass is 326 g/mol. The lowest BCUT2D eigenvalue weighted by Gasteiger charge is -2.05. The lowest BCUT2D eigenvalue weighted by Crippen LogP contribution is -2.00. The van der Waals surface area contributed by atoms with Gasteiger partial charge in [-0.1, -0.05) is 36.6 Å². The fraction of sp³-hybridized carbons (Fsp3) is 0.500. The van der Waals surface area contributed by atoms with E-state index in [0.29, 0.717) is 6.61 Å². The van der Waals surface area contributed by atoms with Gasteiger partial charge >= 0.3 is 0 Å². The Morgan fingerprint density at radius 2 is 1.71 bits per heavy atom. The molecule has 0 saturated carbocycles. The molecule has 1 aliphatic rings. The first-order valence-corrected chi connectivity index (χ1v) is 9.00. The summed E-state index contributed by atoms with van der Waals surface area (Å²) in [6.07, 6.45) is 8.42. The number of nitrogens with zero attached hydrogens (tertiary/aromatic N) is 2. The number of rotatable bonds is 9. The number of aromatic nitrogens is 1. The molecule has 0 N–H and O–H groups in total. The molecule has 0 saturated heterocycles. The Morgan fingerprint density at radius 1 is 0.958 bits per heavy atom. The van der Waals surface area contributed by atoms with Crippen LogP contribution >= 0.6 is 0 Å². The van der Waals surface area contributed by atoms with Crippen LogP contribution in [0.2, 0.25) is 0 Å². The second-order valence-corrected chi connectivity index (χ2v) is 6.43. The van der Waals surface area contributed by atoms with Gasteiger partial charge in [-0.05, 0) is 43.9 Å². The van der Waals surface area contributed by atoms with Crippen LogP contribution in [0.3, 0.4) is 0 Å². The van der Waals surface area contributed by atoms with Gasteiger partial charge in [0.2, 0.25) is 5.90 Å². The average molecular weight is 326 g/mol. The predicted molar refractivity (Wildman–Crippen MR) is 95.5 cm³/mol. The Morgan fingerprint density at radius 3 is 2.38 bits per heavy atom. The summed E-state index contributed by atoms with van der Waals surface area (Å²) in [6.45, 7) is 3.47. The molecule has 0 atom stereocenters. The third-order valence-electron chi connectivity index (χ3n) is 4.35. The van der Waals surface area contributed by atoms with Crippen molar-refractivity contribution in [2.45, 2.75) is 51.9 Å². The summed E-state index contributed by atoms with van der Waals surface area (Å²) in [7, 11) is 0. The maximum absolute atomic E-state index is 5.49. The highest BCUT2D eigenvalue weighted by atomic mass is 16.5. The van der Waals surface area contributed by atoms with E-state index in [4.69, 9.17) is 9.26 Å². The van der Waals surface area contributed by atoms with Crippen LogP contribution in [-0.2, 0) is 17.6 Å². The van der Waals surface area contributed by atoms with Crippen molar-refractivity contribution < 1.29 is 9.26 Å². The Bertz CT molecular complexity index is 659. The molecule has 0 unspecified atom stereocenters. The van der Waals surface area contributed by atoms with Gasteiger partial charge in [-0.15, -0.1) is 0 Å². The molecular weight excluding hydrogens is 300 g/mol. The molecule has 24 heavy (non-hydrogen) atoms. The topological polar surface area (TPSA) is 47.6 Å². The first-order valence-electron chi connectivity index (χ1n) is 9.00. The highest BCUT2D eigenvalue weighted by Crippen LogP contribution is 2.14. The van der Waals surface area contributed by atoms with E-state index in [1.54, 1.807) is 0 Å². The fourth-order valence-electron chi connectivity index (χ4n) is 3.02. The average Bonchev–Trinajstić information content (AvgIpc) is 3.26. The number of ether oxygens (including phenoxy) is 1. The van der Waals surface area contributed by atoms with Gasteiger partial charge in [-0.25, -0.2) is 4.99 Å². The van der Waals surface area contributed by atoms with Crippen molar-refractivity contribution >= 4 is 5.90 Å². The third kappa shape index (κ3) is 4.95. The third-order valence-corrected chi connectivity index (χ3v) is 4.35. The molecule has 128 valence electrons. The lowest BCUT2D eigenvalue weighted by atomic mass is 10.0. The van der Waals surface area contributed by atoms with E-state index in [2.05, 4.69) is 34.4 Å². The van der Waals surface area contributed by atoms with Crippen molar-refractivity contribution in [2.75, 3.05) is 13.2 Å². The first-order chi connectivity index (χ1) is 11.8. The Hall–Kier alpha value is -2.10. The number of hydrogen-bond donors (Lipinski definition) is 0. The molecule has 0 spiro atoms. The second-order valence-electron chi connectivity index (χ2n) is 6.43. The van der Waals surface area contributed by atoms with Crippen LogP contribution in [0.5, 0.6) is 0 Å². The van der Waals surface area contributed by atoms with E-state index >= 15 is 0 Å². The molecule has 0 amide bonds. The molecule has 4 heteroatoms. The number of aryl methyl sites for hydroxylation is 3. The largest absolute Gasteiger partial charge is 0.476 e. The van der Waals surface area contributed by atoms with E-state index < -0.39 is 0 Å². The van der Waals surface area contributed by atoms with Crippen LogP contribution in [0, 0.1) is 6.92 Å². The van der Waals surface area contributed by atoms with E-state index in [1.807, 2.05) is 13.0 Å². The van der Waals surface area contributed by atoms with Gasteiger partial charge in [-0.3, -0.25) is 0 Å². The molecule has 1 aliphatic heterocycles. The molecule has 2 heterocycles. The number of benzene rings is 1. The summed E-state index contributed by atoms with van der Waals surface area (Å²) >= 11 is 0. The van der Waals surface area contributed by atoms with E-state index in [9.17, 15) is 0 Å². The molecule has 2 aromatic rings. The van der Waals surface area contributed by atoms with Gasteiger partial charge in [0.05, 0.1) is 12.2 Å². The number of hydrogen-bond acceptors (Lipinski definition) is 4. The highest BCUT2D eigenvalue weighted by molar-refractivity contribution is 5.94. The molecule has 0 bridgehead atoms. The van der Waals surface area contributed by atoms with E-state index in [-0.39, 0.29) is 0 Å². The normalized spacial score (nSPS) is 13.8. The van der Waals surface area contributed by atoms with Crippen LogP contribution in [0.15, 0.2) is 39.8 Å². The Labute approximate surface area is 143 Å². The molecule has 4 nitrogen and oxygen atoms in total.